The molecule has 5 aromatic carbocycles. The van der Waals surface area contributed by atoms with Crippen molar-refractivity contribution in [3.05, 3.63) is 160 Å². The monoisotopic (exact) mass is 597 g/mol. The third-order valence-corrected chi connectivity index (χ3v) is 12.5. The highest BCUT2D eigenvalue weighted by atomic mass is 28.3. The van der Waals surface area contributed by atoms with Gasteiger partial charge in [0.2, 0.25) is 5.52 Å². The minimum absolute atomic E-state index is 0.207. The van der Waals surface area contributed by atoms with E-state index in [-0.39, 0.29) is 11.8 Å². The fourth-order valence-corrected chi connectivity index (χ4v) is 9.57. The minimum atomic E-state index is -1.33. The van der Waals surface area contributed by atoms with Crippen LogP contribution in [0.25, 0.3) is 38.8 Å². The average molecular weight is 598 g/mol. The van der Waals surface area contributed by atoms with Gasteiger partial charge in [-0.3, -0.25) is 0 Å². The first-order valence-electron chi connectivity index (χ1n) is 16.2. The van der Waals surface area contributed by atoms with Gasteiger partial charge in [0.05, 0.1) is 19.0 Å². The molecule has 0 saturated carbocycles. The normalized spacial score (nSPS) is 16.6. The second-order valence-corrected chi connectivity index (χ2v) is 19.2. The molecule has 0 saturated heterocycles. The molecule has 45 heavy (non-hydrogen) atoms. The number of aryl methyl sites for hydroxylation is 2. The third kappa shape index (κ3) is 3.71. The average Bonchev–Trinajstić information content (AvgIpc) is 3.41. The molecular formula is C42H37N2Si+. The number of pyridine rings is 1. The molecule has 0 N–H and O–H groups in total. The maximum absolute atomic E-state index is 2.56. The first-order valence-corrected chi connectivity index (χ1v) is 19.7. The number of hydrogen-bond donors (Lipinski definition) is 0. The second-order valence-electron chi connectivity index (χ2n) is 14.1. The summed E-state index contributed by atoms with van der Waals surface area (Å²) in [4.78, 5) is 0. The topological polar surface area (TPSA) is 8.81 Å². The van der Waals surface area contributed by atoms with Crippen LogP contribution >= 0.6 is 0 Å². The molecule has 0 radical (unpaired) electrons. The van der Waals surface area contributed by atoms with Gasteiger partial charge in [0.15, 0.2) is 6.20 Å². The van der Waals surface area contributed by atoms with Crippen molar-refractivity contribution >= 4 is 35.2 Å². The van der Waals surface area contributed by atoms with Crippen molar-refractivity contribution in [3.8, 4) is 16.8 Å². The van der Waals surface area contributed by atoms with Gasteiger partial charge in [-0.1, -0.05) is 116 Å². The Hall–Kier alpha value is -4.73. The van der Waals surface area contributed by atoms with E-state index < -0.39 is 8.07 Å². The molecule has 7 aromatic rings. The van der Waals surface area contributed by atoms with Gasteiger partial charge >= 0.3 is 0 Å². The molecule has 2 aromatic heterocycles. The van der Waals surface area contributed by atoms with Gasteiger partial charge in [-0.2, -0.15) is 4.57 Å². The van der Waals surface area contributed by atoms with Gasteiger partial charge in [0.1, 0.15) is 12.6 Å². The summed E-state index contributed by atoms with van der Waals surface area (Å²) in [6.45, 7) is 9.54. The summed E-state index contributed by atoms with van der Waals surface area (Å²) in [6, 6.07) is 43.8. The molecule has 0 aliphatic heterocycles. The summed E-state index contributed by atoms with van der Waals surface area (Å²) in [5, 5.41) is 2.86. The van der Waals surface area contributed by atoms with Crippen LogP contribution in [0.5, 0.6) is 0 Å². The highest BCUT2D eigenvalue weighted by molar-refractivity contribution is 6.88. The zero-order valence-corrected chi connectivity index (χ0v) is 27.6. The predicted octanol–water partition coefficient (Wildman–Crippen LogP) is 9.12. The van der Waals surface area contributed by atoms with Gasteiger partial charge in [0, 0.05) is 23.6 Å². The SMILES string of the molecule is Cc1cc2c(c3c1c1c(ccc[n+]1C)n3-c1ccc(-c3ccc([Si](C)(C)C)cc3)cc1)C1c3ccccc3C2c2ccccc21. The third-order valence-electron chi connectivity index (χ3n) is 10.5. The van der Waals surface area contributed by atoms with E-state index in [2.05, 4.69) is 164 Å². The lowest BCUT2D eigenvalue weighted by atomic mass is 9.60. The number of rotatable bonds is 3. The van der Waals surface area contributed by atoms with Crippen molar-refractivity contribution in [1.82, 2.24) is 4.57 Å². The van der Waals surface area contributed by atoms with Crippen molar-refractivity contribution in [2.24, 2.45) is 7.05 Å². The van der Waals surface area contributed by atoms with Crippen LogP contribution in [-0.4, -0.2) is 12.6 Å². The van der Waals surface area contributed by atoms with E-state index in [1.165, 1.54) is 82.9 Å². The lowest BCUT2D eigenvalue weighted by molar-refractivity contribution is -0.644. The van der Waals surface area contributed by atoms with E-state index in [0.29, 0.717) is 0 Å². The van der Waals surface area contributed by atoms with E-state index in [0.717, 1.165) is 0 Å². The van der Waals surface area contributed by atoms with E-state index in [9.17, 15) is 0 Å². The predicted molar refractivity (Wildman–Crippen MR) is 190 cm³/mol. The smallest absolute Gasteiger partial charge is 0.238 e. The molecule has 0 unspecified atom stereocenters. The van der Waals surface area contributed by atoms with Gasteiger partial charge in [-0.05, 0) is 75.2 Å². The van der Waals surface area contributed by atoms with Crippen LogP contribution in [0, 0.1) is 6.92 Å². The Kier molecular flexibility index (Phi) is 5.56. The van der Waals surface area contributed by atoms with Crippen molar-refractivity contribution in [1.29, 1.82) is 0 Å². The quantitative estimate of drug-likeness (QED) is 0.142. The molecule has 3 heteroatoms. The fourth-order valence-electron chi connectivity index (χ4n) is 8.41. The Bertz CT molecular complexity index is 2270. The fraction of sp³-hybridized carbons (Fsp3) is 0.167. The molecular weight excluding hydrogens is 561 g/mol. The zero-order valence-electron chi connectivity index (χ0n) is 26.6. The molecule has 10 rings (SSSR count). The lowest BCUT2D eigenvalue weighted by Crippen LogP contribution is -2.37. The van der Waals surface area contributed by atoms with Crippen LogP contribution in [0.4, 0.5) is 0 Å². The van der Waals surface area contributed by atoms with Crippen molar-refractivity contribution in [2.45, 2.75) is 38.4 Å². The molecule has 2 heterocycles. The Morgan fingerprint density at radius 2 is 1.18 bits per heavy atom. The molecule has 3 aliphatic carbocycles. The van der Waals surface area contributed by atoms with Crippen LogP contribution in [0.2, 0.25) is 19.6 Å². The number of aromatic nitrogens is 2. The van der Waals surface area contributed by atoms with Crippen molar-refractivity contribution in [2.75, 3.05) is 0 Å². The summed E-state index contributed by atoms with van der Waals surface area (Å²) in [5.74, 6) is 0.459. The number of nitrogens with zero attached hydrogens (tertiary/aromatic N) is 2. The second kappa shape index (κ2) is 9.39. The Morgan fingerprint density at radius 1 is 0.622 bits per heavy atom. The largest absolute Gasteiger partial charge is 0.303 e. The highest BCUT2D eigenvalue weighted by Crippen LogP contribution is 2.58. The van der Waals surface area contributed by atoms with Crippen LogP contribution in [0.15, 0.2) is 121 Å². The van der Waals surface area contributed by atoms with Gasteiger partial charge in [-0.15, -0.1) is 0 Å². The van der Waals surface area contributed by atoms with E-state index >= 15 is 0 Å². The van der Waals surface area contributed by atoms with Crippen LogP contribution in [0.3, 0.4) is 0 Å². The van der Waals surface area contributed by atoms with Crippen LogP contribution in [-0.2, 0) is 7.05 Å². The standard InChI is InChI=1S/C42H37N2Si/c1-26-25-35-38-31-11-6-8-13-33(31)39(34-14-9-7-12-32(34)38)40(35)42-37(26)41-36(15-10-24-43(41)2)44(42)29-20-16-27(17-21-29)28-18-22-30(23-19-28)45(3,4)5/h6-25,38-39H,1-5H3/q+1. The molecule has 2 bridgehead atoms. The summed E-state index contributed by atoms with van der Waals surface area (Å²) in [5.41, 5.74) is 17.8. The van der Waals surface area contributed by atoms with Gasteiger partial charge < -0.3 is 4.57 Å². The Morgan fingerprint density at radius 3 is 1.76 bits per heavy atom. The van der Waals surface area contributed by atoms with E-state index in [1.807, 2.05) is 0 Å². The first-order chi connectivity index (χ1) is 21.8. The van der Waals surface area contributed by atoms with Crippen molar-refractivity contribution < 1.29 is 4.57 Å². The summed E-state index contributed by atoms with van der Waals surface area (Å²) < 4.78 is 4.87. The van der Waals surface area contributed by atoms with Crippen LogP contribution in [0.1, 0.15) is 50.8 Å². The van der Waals surface area contributed by atoms with Gasteiger partial charge in [0.25, 0.3) is 0 Å². The number of hydrogen-bond acceptors (Lipinski definition) is 0. The summed E-state index contributed by atoms with van der Waals surface area (Å²) >= 11 is 0. The van der Waals surface area contributed by atoms with Crippen LogP contribution < -0.4 is 9.75 Å². The number of fused-ring (bicyclic) bond motifs is 3. The molecule has 0 atom stereocenters. The first kappa shape index (κ1) is 26.7. The molecule has 3 aliphatic rings. The van der Waals surface area contributed by atoms with E-state index in [4.69, 9.17) is 0 Å². The maximum Gasteiger partial charge on any atom is 0.238 e. The Balaban J connectivity index is 1.32. The Labute approximate surface area is 266 Å². The maximum atomic E-state index is 2.56. The zero-order chi connectivity index (χ0) is 30.6. The summed E-state index contributed by atoms with van der Waals surface area (Å²) in [6.07, 6.45) is 2.19. The molecule has 0 fully saturated rings. The molecule has 0 spiro atoms. The highest BCUT2D eigenvalue weighted by Gasteiger charge is 2.43. The summed E-state index contributed by atoms with van der Waals surface area (Å²) in [7, 11) is 0.858. The molecule has 0 amide bonds. The van der Waals surface area contributed by atoms with Crippen molar-refractivity contribution in [3.63, 3.8) is 0 Å². The molecule has 218 valence electrons. The molecule has 2 nitrogen and oxygen atoms in total. The van der Waals surface area contributed by atoms with Gasteiger partial charge in [-0.25, -0.2) is 0 Å². The minimum Gasteiger partial charge on any atom is -0.303 e. The van der Waals surface area contributed by atoms with E-state index in [1.54, 1.807) is 0 Å². The number of benzene rings is 5. The lowest BCUT2D eigenvalue weighted by Gasteiger charge is -2.42.